The van der Waals surface area contributed by atoms with Crippen LogP contribution in [0.1, 0.15) is 36.2 Å². The molecule has 1 aliphatic rings. The van der Waals surface area contributed by atoms with Crippen molar-refractivity contribution in [1.29, 1.82) is 0 Å². The molecule has 180 valence electrons. The van der Waals surface area contributed by atoms with E-state index in [-0.39, 0.29) is 5.91 Å². The number of hydrogen-bond acceptors (Lipinski definition) is 6. The lowest BCUT2D eigenvalue weighted by atomic mass is 10.1. The van der Waals surface area contributed by atoms with Crippen LogP contribution in [0.4, 0.5) is 0 Å². The summed E-state index contributed by atoms with van der Waals surface area (Å²) < 4.78 is 2.18. The lowest BCUT2D eigenvalue weighted by molar-refractivity contribution is -0.118. The zero-order valence-electron chi connectivity index (χ0n) is 19.8. The summed E-state index contributed by atoms with van der Waals surface area (Å²) in [6.07, 6.45) is 3.81. The lowest BCUT2D eigenvalue weighted by Gasteiger charge is -2.26. The Labute approximate surface area is 210 Å². The van der Waals surface area contributed by atoms with E-state index in [2.05, 4.69) is 80.4 Å². The van der Waals surface area contributed by atoms with Crippen molar-refractivity contribution in [1.82, 2.24) is 25.0 Å². The first-order valence-electron chi connectivity index (χ1n) is 11.9. The predicted octanol–water partition coefficient (Wildman–Crippen LogP) is 4.62. The summed E-state index contributed by atoms with van der Waals surface area (Å²) in [6, 6.07) is 18.9. The third kappa shape index (κ3) is 7.61. The SMILES string of the molecule is Cc1ccc(SCCNC(=O)CSc2nnc(CN3CCCCC3)n2Cc2ccccc2)cc1. The molecule has 34 heavy (non-hydrogen) atoms. The molecule has 0 unspecified atom stereocenters. The number of hydrogen-bond donors (Lipinski definition) is 1. The second kappa shape index (κ2) is 13.0. The molecule has 4 rings (SSSR count). The Morgan fingerprint density at radius 3 is 2.47 bits per heavy atom. The number of amides is 1. The number of aryl methyl sites for hydroxylation is 1. The Bertz CT molecular complexity index is 1030. The Morgan fingerprint density at radius 1 is 0.941 bits per heavy atom. The van der Waals surface area contributed by atoms with Gasteiger partial charge < -0.3 is 9.88 Å². The Kier molecular flexibility index (Phi) is 9.47. The fraction of sp³-hybridized carbons (Fsp3) is 0.423. The molecular formula is C26H33N5OS2. The number of carbonyl (C=O) groups is 1. The van der Waals surface area contributed by atoms with E-state index in [1.54, 1.807) is 11.8 Å². The quantitative estimate of drug-likeness (QED) is 0.309. The van der Waals surface area contributed by atoms with Gasteiger partial charge in [0.25, 0.3) is 0 Å². The zero-order chi connectivity index (χ0) is 23.6. The molecule has 1 fully saturated rings. The van der Waals surface area contributed by atoms with Gasteiger partial charge in [0.05, 0.1) is 18.8 Å². The molecule has 6 nitrogen and oxygen atoms in total. The van der Waals surface area contributed by atoms with Crippen LogP contribution in [0.3, 0.4) is 0 Å². The zero-order valence-corrected chi connectivity index (χ0v) is 21.4. The Morgan fingerprint density at radius 2 is 1.71 bits per heavy atom. The third-order valence-corrected chi connectivity index (χ3v) is 7.82. The Balaban J connectivity index is 1.30. The summed E-state index contributed by atoms with van der Waals surface area (Å²) in [7, 11) is 0. The first kappa shape index (κ1) is 24.8. The van der Waals surface area contributed by atoms with E-state index in [4.69, 9.17) is 0 Å². The van der Waals surface area contributed by atoms with Crippen molar-refractivity contribution in [3.8, 4) is 0 Å². The highest BCUT2D eigenvalue weighted by Crippen LogP contribution is 2.21. The number of nitrogens with zero attached hydrogens (tertiary/aromatic N) is 4. The number of aromatic nitrogens is 3. The molecular weight excluding hydrogens is 462 g/mol. The topological polar surface area (TPSA) is 63.1 Å². The molecule has 1 amide bonds. The summed E-state index contributed by atoms with van der Waals surface area (Å²) in [5, 5.41) is 12.8. The fourth-order valence-electron chi connectivity index (χ4n) is 3.96. The van der Waals surface area contributed by atoms with Gasteiger partial charge in [0.1, 0.15) is 5.82 Å². The average molecular weight is 496 g/mol. The highest BCUT2D eigenvalue weighted by Gasteiger charge is 2.18. The van der Waals surface area contributed by atoms with Gasteiger partial charge in [-0.05, 0) is 50.6 Å². The van der Waals surface area contributed by atoms with Gasteiger partial charge in [0.15, 0.2) is 5.16 Å². The van der Waals surface area contributed by atoms with Crippen LogP contribution in [-0.2, 0) is 17.9 Å². The van der Waals surface area contributed by atoms with Gasteiger partial charge in [-0.25, -0.2) is 0 Å². The van der Waals surface area contributed by atoms with Crippen LogP contribution in [0.2, 0.25) is 0 Å². The average Bonchev–Trinajstić information content (AvgIpc) is 3.23. The third-order valence-electron chi connectivity index (χ3n) is 5.84. The van der Waals surface area contributed by atoms with Crippen LogP contribution >= 0.6 is 23.5 Å². The number of piperidine rings is 1. The molecule has 1 aromatic heterocycles. The highest BCUT2D eigenvalue weighted by atomic mass is 32.2. The van der Waals surface area contributed by atoms with E-state index in [9.17, 15) is 4.79 Å². The van der Waals surface area contributed by atoms with Crippen molar-refractivity contribution in [2.45, 2.75) is 49.3 Å². The normalized spacial score (nSPS) is 14.3. The second-order valence-corrected chi connectivity index (χ2v) is 10.7. The number of carbonyl (C=O) groups excluding carboxylic acids is 1. The number of thioether (sulfide) groups is 2. The van der Waals surface area contributed by atoms with Crippen LogP contribution < -0.4 is 5.32 Å². The molecule has 2 heterocycles. The van der Waals surface area contributed by atoms with E-state index in [1.807, 2.05) is 6.07 Å². The van der Waals surface area contributed by atoms with Crippen molar-refractivity contribution >= 4 is 29.4 Å². The highest BCUT2D eigenvalue weighted by molar-refractivity contribution is 7.99. The molecule has 0 radical (unpaired) electrons. The second-order valence-electron chi connectivity index (χ2n) is 8.61. The van der Waals surface area contributed by atoms with E-state index in [1.165, 1.54) is 47.0 Å². The van der Waals surface area contributed by atoms with Gasteiger partial charge in [-0.15, -0.1) is 22.0 Å². The number of benzene rings is 2. The van der Waals surface area contributed by atoms with Crippen molar-refractivity contribution in [2.75, 3.05) is 31.1 Å². The largest absolute Gasteiger partial charge is 0.355 e. The Hall–Kier alpha value is -2.29. The molecule has 2 aromatic carbocycles. The maximum atomic E-state index is 12.5. The molecule has 1 saturated heterocycles. The van der Waals surface area contributed by atoms with Gasteiger partial charge in [-0.3, -0.25) is 9.69 Å². The molecule has 3 aromatic rings. The van der Waals surface area contributed by atoms with Crippen LogP contribution in [0.5, 0.6) is 0 Å². The van der Waals surface area contributed by atoms with Crippen LogP contribution in [0, 0.1) is 6.92 Å². The maximum Gasteiger partial charge on any atom is 0.230 e. The van der Waals surface area contributed by atoms with Crippen molar-refractivity contribution in [3.63, 3.8) is 0 Å². The molecule has 0 spiro atoms. The molecule has 0 saturated carbocycles. The minimum Gasteiger partial charge on any atom is -0.355 e. The van der Waals surface area contributed by atoms with Crippen molar-refractivity contribution in [3.05, 3.63) is 71.5 Å². The molecule has 1 aliphatic heterocycles. The monoisotopic (exact) mass is 495 g/mol. The van der Waals surface area contributed by atoms with E-state index in [0.717, 1.165) is 36.4 Å². The standard InChI is InChI=1S/C26H33N5OS2/c1-21-10-12-23(13-11-21)33-17-14-27-25(32)20-34-26-29-28-24(19-30-15-6-3-7-16-30)31(26)18-22-8-4-2-5-9-22/h2,4-5,8-13H,3,6-7,14-20H2,1H3,(H,27,32). The predicted molar refractivity (Wildman–Crippen MR) is 140 cm³/mol. The van der Waals surface area contributed by atoms with Crippen LogP contribution in [0.15, 0.2) is 64.6 Å². The smallest absolute Gasteiger partial charge is 0.230 e. The van der Waals surface area contributed by atoms with Crippen LogP contribution in [0.25, 0.3) is 0 Å². The number of likely N-dealkylation sites (tertiary alicyclic amines) is 1. The first-order chi connectivity index (χ1) is 16.7. The van der Waals surface area contributed by atoms with Gasteiger partial charge >= 0.3 is 0 Å². The summed E-state index contributed by atoms with van der Waals surface area (Å²) in [6.45, 7) is 6.49. The summed E-state index contributed by atoms with van der Waals surface area (Å²) >= 11 is 3.22. The molecule has 0 atom stereocenters. The van der Waals surface area contributed by atoms with Crippen LogP contribution in [-0.4, -0.2) is 56.7 Å². The molecule has 8 heteroatoms. The lowest BCUT2D eigenvalue weighted by Crippen LogP contribution is -2.30. The van der Waals surface area contributed by atoms with Gasteiger partial charge in [-0.1, -0.05) is 66.2 Å². The summed E-state index contributed by atoms with van der Waals surface area (Å²) in [5.41, 5.74) is 2.47. The summed E-state index contributed by atoms with van der Waals surface area (Å²) in [5.74, 6) is 2.19. The van der Waals surface area contributed by atoms with Crippen molar-refractivity contribution in [2.24, 2.45) is 0 Å². The minimum absolute atomic E-state index is 0.0290. The number of rotatable bonds is 11. The maximum absolute atomic E-state index is 12.5. The van der Waals surface area contributed by atoms with E-state index < -0.39 is 0 Å². The molecule has 0 bridgehead atoms. The minimum atomic E-state index is 0.0290. The fourth-order valence-corrected chi connectivity index (χ4v) is 5.51. The van der Waals surface area contributed by atoms with Crippen molar-refractivity contribution < 1.29 is 4.79 Å². The van der Waals surface area contributed by atoms with Gasteiger partial charge in [0.2, 0.25) is 5.91 Å². The van der Waals surface area contributed by atoms with Gasteiger partial charge in [0, 0.05) is 17.2 Å². The van der Waals surface area contributed by atoms with E-state index >= 15 is 0 Å². The molecule has 1 N–H and O–H groups in total. The van der Waals surface area contributed by atoms with Gasteiger partial charge in [-0.2, -0.15) is 0 Å². The number of nitrogens with one attached hydrogen (secondary N) is 1. The van der Waals surface area contributed by atoms with E-state index in [0.29, 0.717) is 18.8 Å². The first-order valence-corrected chi connectivity index (χ1v) is 13.9. The molecule has 0 aliphatic carbocycles. The summed E-state index contributed by atoms with van der Waals surface area (Å²) in [4.78, 5) is 16.1.